The molecule has 2 aromatic carbocycles. The Morgan fingerprint density at radius 2 is 1.86 bits per heavy atom. The first-order valence-corrected chi connectivity index (χ1v) is 7.72. The molecule has 110 valence electrons. The fourth-order valence-corrected chi connectivity index (χ4v) is 2.83. The van der Waals surface area contributed by atoms with Crippen LogP contribution in [0.3, 0.4) is 0 Å². The number of ketones is 1. The van der Waals surface area contributed by atoms with Crippen LogP contribution in [0.25, 0.3) is 0 Å². The van der Waals surface area contributed by atoms with Crippen LogP contribution >= 0.6 is 0 Å². The number of rotatable bonds is 5. The Morgan fingerprint density at radius 1 is 1.14 bits per heavy atom. The lowest BCUT2D eigenvalue weighted by molar-refractivity contribution is 0.101. The second-order valence-electron chi connectivity index (χ2n) is 4.50. The summed E-state index contributed by atoms with van der Waals surface area (Å²) >= 11 is 0. The van der Waals surface area contributed by atoms with Crippen molar-refractivity contribution in [3.63, 3.8) is 0 Å². The molecular formula is C15H14FNO3S. The first-order valence-electron chi connectivity index (χ1n) is 6.24. The highest BCUT2D eigenvalue weighted by Crippen LogP contribution is 2.13. The molecule has 0 aliphatic heterocycles. The molecule has 0 unspecified atom stereocenters. The number of carbonyl (C=O) groups excluding carboxylic acids is 1. The first-order chi connectivity index (χ1) is 9.90. The molecule has 0 saturated heterocycles. The summed E-state index contributed by atoms with van der Waals surface area (Å²) in [7, 11) is -3.80. The first kappa shape index (κ1) is 15.3. The Morgan fingerprint density at radius 3 is 2.52 bits per heavy atom. The summed E-state index contributed by atoms with van der Waals surface area (Å²) in [5, 5.41) is 0. The predicted octanol–water partition coefficient (Wildman–Crippen LogP) is 2.51. The van der Waals surface area contributed by atoms with Crippen molar-refractivity contribution in [2.75, 3.05) is 0 Å². The summed E-state index contributed by atoms with van der Waals surface area (Å²) in [4.78, 5) is 11.3. The molecule has 0 amide bonds. The van der Waals surface area contributed by atoms with Crippen molar-refractivity contribution < 1.29 is 17.6 Å². The zero-order valence-corrected chi connectivity index (χ0v) is 12.2. The number of hydrogen-bond donors (Lipinski definition) is 1. The number of hydrogen-bond acceptors (Lipinski definition) is 3. The van der Waals surface area contributed by atoms with Gasteiger partial charge in [0.15, 0.2) is 5.78 Å². The average molecular weight is 307 g/mol. The smallest absolute Gasteiger partial charge is 0.240 e. The largest absolute Gasteiger partial charge is 0.295 e. The number of halogens is 1. The summed E-state index contributed by atoms with van der Waals surface area (Å²) in [5.74, 6) is -0.696. The van der Waals surface area contributed by atoms with Gasteiger partial charge in [0.1, 0.15) is 5.82 Å². The quantitative estimate of drug-likeness (QED) is 0.863. The molecule has 2 aromatic rings. The Hall–Kier alpha value is -2.05. The van der Waals surface area contributed by atoms with Crippen LogP contribution in [0.1, 0.15) is 22.8 Å². The molecule has 0 radical (unpaired) electrons. The maximum absolute atomic E-state index is 13.5. The average Bonchev–Trinajstić information content (AvgIpc) is 2.46. The molecule has 0 atom stereocenters. The van der Waals surface area contributed by atoms with Crippen LogP contribution in [0, 0.1) is 5.82 Å². The van der Waals surface area contributed by atoms with Gasteiger partial charge in [-0.1, -0.05) is 30.3 Å². The van der Waals surface area contributed by atoms with E-state index in [-0.39, 0.29) is 22.8 Å². The van der Waals surface area contributed by atoms with E-state index in [9.17, 15) is 17.6 Å². The van der Waals surface area contributed by atoms with Crippen molar-refractivity contribution in [2.45, 2.75) is 18.4 Å². The summed E-state index contributed by atoms with van der Waals surface area (Å²) < 4.78 is 40.1. The normalized spacial score (nSPS) is 11.3. The van der Waals surface area contributed by atoms with Gasteiger partial charge < -0.3 is 0 Å². The minimum atomic E-state index is -3.80. The molecule has 0 saturated carbocycles. The lowest BCUT2D eigenvalue weighted by atomic mass is 10.2. The fourth-order valence-electron chi connectivity index (χ4n) is 1.78. The van der Waals surface area contributed by atoms with Crippen LogP contribution < -0.4 is 4.72 Å². The van der Waals surface area contributed by atoms with Crippen molar-refractivity contribution in [1.29, 1.82) is 0 Å². The molecule has 2 rings (SSSR count). The Labute approximate surface area is 122 Å². The van der Waals surface area contributed by atoms with Crippen LogP contribution in [0.15, 0.2) is 53.4 Å². The van der Waals surface area contributed by atoms with E-state index in [1.165, 1.54) is 49.4 Å². The highest BCUT2D eigenvalue weighted by Gasteiger charge is 2.15. The summed E-state index contributed by atoms with van der Waals surface area (Å²) in [6, 6.07) is 11.6. The van der Waals surface area contributed by atoms with E-state index in [0.29, 0.717) is 5.56 Å². The van der Waals surface area contributed by atoms with Crippen molar-refractivity contribution >= 4 is 15.8 Å². The third-order valence-corrected chi connectivity index (χ3v) is 4.36. The van der Waals surface area contributed by atoms with Gasteiger partial charge in [-0.05, 0) is 25.1 Å². The van der Waals surface area contributed by atoms with Crippen LogP contribution in [0.4, 0.5) is 4.39 Å². The van der Waals surface area contributed by atoms with Gasteiger partial charge in [0.05, 0.1) is 4.90 Å². The van der Waals surface area contributed by atoms with E-state index in [1.807, 2.05) is 0 Å². The van der Waals surface area contributed by atoms with Gasteiger partial charge in [-0.3, -0.25) is 4.79 Å². The molecule has 21 heavy (non-hydrogen) atoms. The number of Topliss-reactive ketones (excluding diaryl/α,β-unsaturated/α-hetero) is 1. The second-order valence-corrected chi connectivity index (χ2v) is 6.27. The summed E-state index contributed by atoms with van der Waals surface area (Å²) in [5.41, 5.74) is 0.563. The third-order valence-electron chi connectivity index (χ3n) is 2.96. The van der Waals surface area contributed by atoms with Crippen molar-refractivity contribution in [1.82, 2.24) is 4.72 Å². The monoisotopic (exact) mass is 307 g/mol. The Kier molecular flexibility index (Phi) is 4.50. The van der Waals surface area contributed by atoms with Gasteiger partial charge in [-0.15, -0.1) is 0 Å². The van der Waals surface area contributed by atoms with Crippen LogP contribution in [0.5, 0.6) is 0 Å². The number of benzene rings is 2. The highest BCUT2D eigenvalue weighted by molar-refractivity contribution is 7.89. The van der Waals surface area contributed by atoms with E-state index in [1.54, 1.807) is 6.07 Å². The van der Waals surface area contributed by atoms with Gasteiger partial charge >= 0.3 is 0 Å². The molecule has 0 aliphatic carbocycles. The van der Waals surface area contributed by atoms with Crippen LogP contribution in [0.2, 0.25) is 0 Å². The van der Waals surface area contributed by atoms with Crippen molar-refractivity contribution in [3.8, 4) is 0 Å². The van der Waals surface area contributed by atoms with E-state index in [2.05, 4.69) is 4.72 Å². The zero-order valence-electron chi connectivity index (χ0n) is 11.3. The number of nitrogens with one attached hydrogen (secondary N) is 1. The molecule has 0 aromatic heterocycles. The van der Waals surface area contributed by atoms with E-state index in [4.69, 9.17) is 0 Å². The second kappa shape index (κ2) is 6.15. The zero-order chi connectivity index (χ0) is 15.5. The molecule has 0 spiro atoms. The molecule has 4 nitrogen and oxygen atoms in total. The van der Waals surface area contributed by atoms with Crippen LogP contribution in [-0.2, 0) is 16.6 Å². The van der Waals surface area contributed by atoms with Crippen molar-refractivity contribution in [3.05, 3.63) is 65.5 Å². The minimum absolute atomic E-state index is 0.0217. The topological polar surface area (TPSA) is 63.2 Å². The Balaban J connectivity index is 2.21. The van der Waals surface area contributed by atoms with Crippen LogP contribution in [-0.4, -0.2) is 14.2 Å². The van der Waals surface area contributed by atoms with Gasteiger partial charge in [-0.2, -0.15) is 0 Å². The molecule has 1 N–H and O–H groups in total. The molecule has 0 fully saturated rings. The lowest BCUT2D eigenvalue weighted by Crippen LogP contribution is -2.24. The Bertz CT molecular complexity index is 772. The van der Waals surface area contributed by atoms with E-state index < -0.39 is 15.8 Å². The summed E-state index contributed by atoms with van der Waals surface area (Å²) in [6.07, 6.45) is 0. The SMILES string of the molecule is CC(=O)c1cccc(S(=O)(=O)NCc2ccccc2F)c1. The molecule has 0 aliphatic rings. The van der Waals surface area contributed by atoms with E-state index >= 15 is 0 Å². The molecule has 0 bridgehead atoms. The van der Waals surface area contributed by atoms with Gasteiger partial charge in [0.25, 0.3) is 0 Å². The van der Waals surface area contributed by atoms with Gasteiger partial charge in [-0.25, -0.2) is 17.5 Å². The minimum Gasteiger partial charge on any atom is -0.295 e. The molecule has 0 heterocycles. The maximum atomic E-state index is 13.5. The molecule has 6 heteroatoms. The van der Waals surface area contributed by atoms with Gasteiger partial charge in [0, 0.05) is 17.7 Å². The highest BCUT2D eigenvalue weighted by atomic mass is 32.2. The predicted molar refractivity (Wildman–Crippen MR) is 76.9 cm³/mol. The molecular weight excluding hydrogens is 293 g/mol. The van der Waals surface area contributed by atoms with Gasteiger partial charge in [0.2, 0.25) is 10.0 Å². The fraction of sp³-hybridized carbons (Fsp3) is 0.133. The third kappa shape index (κ3) is 3.74. The standard InChI is InChI=1S/C15H14FNO3S/c1-11(18)12-6-4-7-14(9-12)21(19,20)17-10-13-5-2-3-8-15(13)16/h2-9,17H,10H2,1H3. The maximum Gasteiger partial charge on any atom is 0.240 e. The van der Waals surface area contributed by atoms with Crippen molar-refractivity contribution in [2.24, 2.45) is 0 Å². The lowest BCUT2D eigenvalue weighted by Gasteiger charge is -2.08. The van der Waals surface area contributed by atoms with E-state index in [0.717, 1.165) is 0 Å². The number of sulfonamides is 1. The summed E-state index contributed by atoms with van der Waals surface area (Å²) in [6.45, 7) is 1.21. The number of carbonyl (C=O) groups is 1.